The number of piperidine rings is 1. The average molecular weight is 329 g/mol. The number of methoxy groups -OCH3 is 1. The molecule has 0 atom stereocenters. The molecule has 0 aromatic carbocycles. The zero-order chi connectivity index (χ0) is 16.0. The van der Waals surface area contributed by atoms with Gasteiger partial charge in [-0.15, -0.1) is 0 Å². The van der Waals surface area contributed by atoms with E-state index in [1.54, 1.807) is 16.6 Å². The molecule has 0 unspecified atom stereocenters. The van der Waals surface area contributed by atoms with Crippen molar-refractivity contribution in [1.82, 2.24) is 14.3 Å². The van der Waals surface area contributed by atoms with E-state index in [0.29, 0.717) is 38.2 Å². The topological polar surface area (TPSA) is 81.6 Å². The van der Waals surface area contributed by atoms with Gasteiger partial charge in [-0.1, -0.05) is 13.3 Å². The molecule has 1 aromatic heterocycles. The SMILES string of the molecule is CCCCS(=O)(=O)N1CCC(Oc2ccnc(OC)n2)CC1. The highest BCUT2D eigenvalue weighted by Crippen LogP contribution is 2.20. The molecule has 124 valence electrons. The predicted octanol–water partition coefficient (Wildman–Crippen LogP) is 1.46. The van der Waals surface area contributed by atoms with Gasteiger partial charge in [0.1, 0.15) is 6.10 Å². The van der Waals surface area contributed by atoms with Gasteiger partial charge >= 0.3 is 6.01 Å². The molecule has 0 saturated carbocycles. The Morgan fingerprint density at radius 1 is 1.36 bits per heavy atom. The summed E-state index contributed by atoms with van der Waals surface area (Å²) in [6.07, 6.45) is 4.46. The van der Waals surface area contributed by atoms with E-state index in [9.17, 15) is 8.42 Å². The number of ether oxygens (including phenoxy) is 2. The third kappa shape index (κ3) is 4.54. The van der Waals surface area contributed by atoms with Crippen LogP contribution in [0.5, 0.6) is 11.9 Å². The third-order valence-corrected chi connectivity index (χ3v) is 5.58. The Kier molecular flexibility index (Phi) is 5.96. The molecule has 2 rings (SSSR count). The first-order chi connectivity index (χ1) is 10.5. The van der Waals surface area contributed by atoms with Gasteiger partial charge in [0.2, 0.25) is 15.9 Å². The molecule has 0 bridgehead atoms. The van der Waals surface area contributed by atoms with Gasteiger partial charge in [0, 0.05) is 25.4 Å². The first-order valence-electron chi connectivity index (χ1n) is 7.56. The number of hydrogen-bond donors (Lipinski definition) is 0. The second-order valence-electron chi connectivity index (χ2n) is 5.27. The van der Waals surface area contributed by atoms with Crippen molar-refractivity contribution in [3.63, 3.8) is 0 Å². The summed E-state index contributed by atoms with van der Waals surface area (Å²) in [5.41, 5.74) is 0. The van der Waals surface area contributed by atoms with Gasteiger partial charge in [-0.05, 0) is 19.3 Å². The van der Waals surface area contributed by atoms with Gasteiger partial charge in [0.25, 0.3) is 0 Å². The number of nitrogens with zero attached hydrogens (tertiary/aromatic N) is 3. The summed E-state index contributed by atoms with van der Waals surface area (Å²) in [5.74, 6) is 0.692. The van der Waals surface area contributed by atoms with Gasteiger partial charge in [0.05, 0.1) is 12.9 Å². The minimum atomic E-state index is -3.12. The van der Waals surface area contributed by atoms with Gasteiger partial charge in [0.15, 0.2) is 0 Å². The highest BCUT2D eigenvalue weighted by molar-refractivity contribution is 7.89. The van der Waals surface area contributed by atoms with Crippen molar-refractivity contribution in [2.45, 2.75) is 38.7 Å². The number of unbranched alkanes of at least 4 members (excludes halogenated alkanes) is 1. The number of rotatable bonds is 7. The van der Waals surface area contributed by atoms with Crippen LogP contribution in [0.2, 0.25) is 0 Å². The average Bonchev–Trinajstić information content (AvgIpc) is 2.54. The molecule has 1 saturated heterocycles. The molecule has 8 heteroatoms. The fourth-order valence-corrected chi connectivity index (χ4v) is 4.02. The van der Waals surface area contributed by atoms with Crippen molar-refractivity contribution in [1.29, 1.82) is 0 Å². The van der Waals surface area contributed by atoms with Crippen LogP contribution >= 0.6 is 0 Å². The molecule has 7 nitrogen and oxygen atoms in total. The van der Waals surface area contributed by atoms with E-state index in [0.717, 1.165) is 6.42 Å². The first kappa shape index (κ1) is 17.0. The summed E-state index contributed by atoms with van der Waals surface area (Å²) < 4.78 is 36.6. The van der Waals surface area contributed by atoms with E-state index in [2.05, 4.69) is 9.97 Å². The van der Waals surface area contributed by atoms with Gasteiger partial charge in [-0.25, -0.2) is 17.7 Å². The number of hydrogen-bond acceptors (Lipinski definition) is 6. The standard InChI is InChI=1S/C14H23N3O4S/c1-3-4-11-22(18,19)17-9-6-12(7-10-17)21-13-5-8-15-14(16-13)20-2/h5,8,12H,3-4,6-7,9-11H2,1-2H3. The molecule has 0 spiro atoms. The molecule has 1 aliphatic rings. The maximum absolute atomic E-state index is 12.1. The molecule has 1 aromatic rings. The van der Waals surface area contributed by atoms with E-state index >= 15 is 0 Å². The van der Waals surface area contributed by atoms with Crippen LogP contribution in [0, 0.1) is 0 Å². The molecule has 0 aliphatic carbocycles. The third-order valence-electron chi connectivity index (χ3n) is 3.63. The number of aromatic nitrogens is 2. The van der Waals surface area contributed by atoms with Crippen molar-refractivity contribution >= 4 is 10.0 Å². The lowest BCUT2D eigenvalue weighted by atomic mass is 10.1. The monoisotopic (exact) mass is 329 g/mol. The molecule has 1 fully saturated rings. The molecule has 0 radical (unpaired) electrons. The maximum Gasteiger partial charge on any atom is 0.319 e. The predicted molar refractivity (Wildman–Crippen MR) is 82.5 cm³/mol. The summed E-state index contributed by atoms with van der Waals surface area (Å²) in [4.78, 5) is 8.03. The highest BCUT2D eigenvalue weighted by atomic mass is 32.2. The Morgan fingerprint density at radius 3 is 2.73 bits per heavy atom. The van der Waals surface area contributed by atoms with Crippen LogP contribution < -0.4 is 9.47 Å². The fraction of sp³-hybridized carbons (Fsp3) is 0.714. The minimum Gasteiger partial charge on any atom is -0.474 e. The van der Waals surface area contributed by atoms with Crippen molar-refractivity contribution in [2.75, 3.05) is 26.0 Å². The summed E-state index contributed by atoms with van der Waals surface area (Å²) in [5, 5.41) is 0. The van der Waals surface area contributed by atoms with Gasteiger partial charge < -0.3 is 9.47 Å². The van der Waals surface area contributed by atoms with Gasteiger partial charge in [-0.2, -0.15) is 4.98 Å². The lowest BCUT2D eigenvalue weighted by Crippen LogP contribution is -2.42. The van der Waals surface area contributed by atoms with Crippen molar-refractivity contribution in [3.05, 3.63) is 12.3 Å². The van der Waals surface area contributed by atoms with E-state index in [4.69, 9.17) is 9.47 Å². The van der Waals surface area contributed by atoms with E-state index in [-0.39, 0.29) is 17.9 Å². The fourth-order valence-electron chi connectivity index (χ4n) is 2.34. The normalized spacial score (nSPS) is 17.4. The first-order valence-corrected chi connectivity index (χ1v) is 9.17. The lowest BCUT2D eigenvalue weighted by Gasteiger charge is -2.31. The molecule has 22 heavy (non-hydrogen) atoms. The van der Waals surface area contributed by atoms with Crippen LogP contribution in [-0.2, 0) is 10.0 Å². The van der Waals surface area contributed by atoms with E-state index in [1.165, 1.54) is 7.11 Å². The van der Waals surface area contributed by atoms with Crippen LogP contribution in [0.1, 0.15) is 32.6 Å². The zero-order valence-electron chi connectivity index (χ0n) is 13.1. The summed E-state index contributed by atoms with van der Waals surface area (Å²) in [6, 6.07) is 1.93. The molecule has 0 N–H and O–H groups in total. The van der Waals surface area contributed by atoms with Crippen molar-refractivity contribution in [2.24, 2.45) is 0 Å². The zero-order valence-corrected chi connectivity index (χ0v) is 13.9. The van der Waals surface area contributed by atoms with E-state index < -0.39 is 10.0 Å². The highest BCUT2D eigenvalue weighted by Gasteiger charge is 2.28. The lowest BCUT2D eigenvalue weighted by molar-refractivity contribution is 0.128. The smallest absolute Gasteiger partial charge is 0.319 e. The second kappa shape index (κ2) is 7.73. The van der Waals surface area contributed by atoms with Crippen molar-refractivity contribution in [3.8, 4) is 11.9 Å². The minimum absolute atomic E-state index is 0.0303. The molecule has 1 aliphatic heterocycles. The molecular formula is C14H23N3O4S. The quantitative estimate of drug-likeness (QED) is 0.753. The summed E-state index contributed by atoms with van der Waals surface area (Å²) in [7, 11) is -1.62. The molecule has 2 heterocycles. The maximum atomic E-state index is 12.1. The Balaban J connectivity index is 1.86. The summed E-state index contributed by atoms with van der Waals surface area (Å²) in [6.45, 7) is 2.99. The Labute approximate surface area is 131 Å². The van der Waals surface area contributed by atoms with E-state index in [1.807, 2.05) is 6.92 Å². The van der Waals surface area contributed by atoms with Gasteiger partial charge in [-0.3, -0.25) is 0 Å². The van der Waals surface area contributed by atoms with Crippen LogP contribution in [0.3, 0.4) is 0 Å². The second-order valence-corrected chi connectivity index (χ2v) is 7.36. The van der Waals surface area contributed by atoms with Crippen LogP contribution in [0.25, 0.3) is 0 Å². The Hall–Kier alpha value is -1.41. The Bertz CT molecular complexity index is 571. The van der Waals surface area contributed by atoms with Crippen LogP contribution in [0.4, 0.5) is 0 Å². The molecule has 0 amide bonds. The Morgan fingerprint density at radius 2 is 2.09 bits per heavy atom. The van der Waals surface area contributed by atoms with Crippen LogP contribution in [0.15, 0.2) is 12.3 Å². The summed E-state index contributed by atoms with van der Waals surface area (Å²) >= 11 is 0. The van der Waals surface area contributed by atoms with Crippen molar-refractivity contribution < 1.29 is 17.9 Å². The molecular weight excluding hydrogens is 306 g/mol. The van der Waals surface area contributed by atoms with Crippen LogP contribution in [-0.4, -0.2) is 54.7 Å². The number of sulfonamides is 1. The largest absolute Gasteiger partial charge is 0.474 e.